The van der Waals surface area contributed by atoms with Crippen molar-refractivity contribution in [2.75, 3.05) is 21.0 Å². The summed E-state index contributed by atoms with van der Waals surface area (Å²) < 4.78 is 11.2. The van der Waals surface area contributed by atoms with Gasteiger partial charge in [0.25, 0.3) is 0 Å². The van der Waals surface area contributed by atoms with E-state index in [-0.39, 0.29) is 11.9 Å². The second kappa shape index (κ2) is 10.2. The molecule has 1 N–H and O–H groups in total. The Hall–Kier alpha value is -1.41. The molecule has 0 heterocycles. The van der Waals surface area contributed by atoms with Crippen LogP contribution in [0.1, 0.15) is 48.9 Å². The number of aryl methyl sites for hydroxylation is 2. The number of benzene rings is 2. The first-order valence-corrected chi connectivity index (χ1v) is 10.8. The SMILES string of the molecule is CCC(CC)(Pc1ccc(C)cc1CNC)c1cccc(C)c1OCOC. The lowest BCUT2D eigenvalue weighted by Gasteiger charge is -2.35. The van der Waals surface area contributed by atoms with Gasteiger partial charge in [0.2, 0.25) is 0 Å². The van der Waals surface area contributed by atoms with Gasteiger partial charge < -0.3 is 14.8 Å². The van der Waals surface area contributed by atoms with E-state index >= 15 is 0 Å². The van der Waals surface area contributed by atoms with E-state index in [4.69, 9.17) is 9.47 Å². The monoisotopic (exact) mass is 387 g/mol. The molecule has 0 amide bonds. The first-order valence-electron chi connectivity index (χ1n) is 9.75. The number of ether oxygens (including phenoxy) is 2. The van der Waals surface area contributed by atoms with Crippen molar-refractivity contribution in [3.8, 4) is 5.75 Å². The molecule has 4 heteroatoms. The summed E-state index contributed by atoms with van der Waals surface area (Å²) in [6.07, 6.45) is 2.14. The normalized spacial score (nSPS) is 12.1. The van der Waals surface area contributed by atoms with Gasteiger partial charge in [-0.25, -0.2) is 0 Å². The maximum Gasteiger partial charge on any atom is 0.188 e. The minimum Gasteiger partial charge on any atom is -0.467 e. The van der Waals surface area contributed by atoms with Crippen molar-refractivity contribution in [2.45, 2.75) is 52.2 Å². The summed E-state index contributed by atoms with van der Waals surface area (Å²) in [5, 5.41) is 4.83. The second-order valence-corrected chi connectivity index (χ2v) is 8.85. The summed E-state index contributed by atoms with van der Waals surface area (Å²) >= 11 is 0. The number of rotatable bonds is 10. The fourth-order valence-corrected chi connectivity index (χ4v) is 5.34. The maximum absolute atomic E-state index is 6.03. The molecule has 3 nitrogen and oxygen atoms in total. The zero-order valence-corrected chi connectivity index (χ0v) is 18.6. The van der Waals surface area contributed by atoms with Gasteiger partial charge in [0.15, 0.2) is 6.79 Å². The first-order chi connectivity index (χ1) is 13.0. The topological polar surface area (TPSA) is 30.5 Å². The van der Waals surface area contributed by atoms with Crippen LogP contribution in [-0.4, -0.2) is 21.0 Å². The Morgan fingerprint density at radius 1 is 1.07 bits per heavy atom. The van der Waals surface area contributed by atoms with Crippen molar-refractivity contribution in [1.82, 2.24) is 5.32 Å². The highest BCUT2D eigenvalue weighted by Crippen LogP contribution is 2.51. The standard InChI is InChI=1S/C23H34NO2P/c1-7-23(8-2,20-11-9-10-18(4)22(20)26-16-25-6)27-21-13-12-17(3)14-19(21)15-24-5/h9-14,24,27H,7-8,15-16H2,1-6H3. The van der Waals surface area contributed by atoms with Crippen LogP contribution in [0.5, 0.6) is 5.75 Å². The third-order valence-electron chi connectivity index (χ3n) is 5.26. The van der Waals surface area contributed by atoms with Gasteiger partial charge in [-0.05, 0) is 50.2 Å². The Bertz CT molecular complexity index is 741. The van der Waals surface area contributed by atoms with Gasteiger partial charge in [-0.3, -0.25) is 0 Å². The van der Waals surface area contributed by atoms with Crippen LogP contribution in [0.25, 0.3) is 0 Å². The van der Waals surface area contributed by atoms with Crippen molar-refractivity contribution in [3.63, 3.8) is 0 Å². The molecule has 0 aliphatic carbocycles. The maximum atomic E-state index is 6.03. The first kappa shape index (κ1) is 21.9. The van der Waals surface area contributed by atoms with E-state index in [0.717, 1.165) is 25.1 Å². The van der Waals surface area contributed by atoms with Crippen LogP contribution in [0, 0.1) is 13.8 Å². The Balaban J connectivity index is 2.52. The molecule has 27 heavy (non-hydrogen) atoms. The number of hydrogen-bond acceptors (Lipinski definition) is 3. The van der Waals surface area contributed by atoms with Gasteiger partial charge in [0.1, 0.15) is 5.75 Å². The molecule has 0 saturated carbocycles. The third-order valence-corrected chi connectivity index (χ3v) is 7.47. The number of hydrogen-bond donors (Lipinski definition) is 1. The molecule has 0 fully saturated rings. The zero-order valence-electron chi connectivity index (χ0n) is 17.6. The smallest absolute Gasteiger partial charge is 0.188 e. The van der Waals surface area contributed by atoms with Crippen LogP contribution >= 0.6 is 8.58 Å². The molecule has 0 aliphatic rings. The van der Waals surface area contributed by atoms with E-state index < -0.39 is 0 Å². The van der Waals surface area contributed by atoms with Gasteiger partial charge in [-0.2, -0.15) is 0 Å². The molecule has 2 aromatic rings. The summed E-state index contributed by atoms with van der Waals surface area (Å²) in [6.45, 7) is 10.0. The molecule has 148 valence electrons. The predicted octanol–water partition coefficient (Wildman–Crippen LogP) is 5.02. The highest BCUT2D eigenvalue weighted by molar-refractivity contribution is 7.48. The lowest BCUT2D eigenvalue weighted by molar-refractivity contribution is 0.0494. The molecular weight excluding hydrogens is 353 g/mol. The van der Waals surface area contributed by atoms with E-state index in [1.165, 1.54) is 27.6 Å². The van der Waals surface area contributed by atoms with Crippen LogP contribution in [0.3, 0.4) is 0 Å². The van der Waals surface area contributed by atoms with E-state index in [0.29, 0.717) is 8.58 Å². The van der Waals surface area contributed by atoms with Gasteiger partial charge in [-0.1, -0.05) is 64.4 Å². The van der Waals surface area contributed by atoms with E-state index in [1.807, 2.05) is 7.05 Å². The molecule has 0 radical (unpaired) electrons. The quantitative estimate of drug-likeness (QED) is 0.458. The summed E-state index contributed by atoms with van der Waals surface area (Å²) in [4.78, 5) is 0. The van der Waals surface area contributed by atoms with Gasteiger partial charge in [0, 0.05) is 24.4 Å². The Kier molecular flexibility index (Phi) is 8.28. The molecule has 0 saturated heterocycles. The van der Waals surface area contributed by atoms with Gasteiger partial charge in [-0.15, -0.1) is 0 Å². The Morgan fingerprint density at radius 3 is 2.44 bits per heavy atom. The van der Waals surface area contributed by atoms with Crippen molar-refractivity contribution in [3.05, 3.63) is 58.7 Å². The summed E-state index contributed by atoms with van der Waals surface area (Å²) in [6, 6.07) is 13.4. The lowest BCUT2D eigenvalue weighted by Crippen LogP contribution is -2.25. The lowest BCUT2D eigenvalue weighted by atomic mass is 9.90. The molecule has 0 bridgehead atoms. The van der Waals surface area contributed by atoms with Gasteiger partial charge >= 0.3 is 0 Å². The Labute approximate surface area is 166 Å². The average molecular weight is 388 g/mol. The van der Waals surface area contributed by atoms with Crippen LogP contribution in [0.15, 0.2) is 36.4 Å². The molecular formula is C23H34NO2P. The van der Waals surface area contributed by atoms with Crippen molar-refractivity contribution in [2.24, 2.45) is 0 Å². The number of para-hydroxylation sites is 1. The minimum absolute atomic E-state index is 0.0623. The summed E-state index contributed by atoms with van der Waals surface area (Å²) in [5.41, 5.74) is 5.18. The molecule has 2 aromatic carbocycles. The average Bonchev–Trinajstić information content (AvgIpc) is 2.67. The highest BCUT2D eigenvalue weighted by Gasteiger charge is 2.33. The van der Waals surface area contributed by atoms with Crippen molar-refractivity contribution >= 4 is 13.9 Å². The molecule has 2 rings (SSSR count). The van der Waals surface area contributed by atoms with Crippen LogP contribution < -0.4 is 15.4 Å². The summed E-state index contributed by atoms with van der Waals surface area (Å²) in [5.74, 6) is 0.984. The highest BCUT2D eigenvalue weighted by atomic mass is 31.1. The minimum atomic E-state index is 0.0623. The zero-order chi connectivity index (χ0) is 19.9. The predicted molar refractivity (Wildman–Crippen MR) is 118 cm³/mol. The van der Waals surface area contributed by atoms with Crippen LogP contribution in [-0.2, 0) is 16.4 Å². The fourth-order valence-electron chi connectivity index (χ4n) is 3.65. The van der Waals surface area contributed by atoms with E-state index in [1.54, 1.807) is 7.11 Å². The summed E-state index contributed by atoms with van der Waals surface area (Å²) in [7, 11) is 4.37. The van der Waals surface area contributed by atoms with Gasteiger partial charge in [0.05, 0.1) is 0 Å². The van der Waals surface area contributed by atoms with Crippen molar-refractivity contribution < 1.29 is 9.47 Å². The van der Waals surface area contributed by atoms with Crippen LogP contribution in [0.2, 0.25) is 0 Å². The third kappa shape index (κ3) is 5.10. The Morgan fingerprint density at radius 2 is 1.81 bits per heavy atom. The molecule has 0 aromatic heterocycles. The molecule has 1 atom stereocenters. The molecule has 0 aliphatic heterocycles. The van der Waals surface area contributed by atoms with Crippen molar-refractivity contribution in [1.29, 1.82) is 0 Å². The number of nitrogens with one attached hydrogen (secondary N) is 1. The molecule has 0 spiro atoms. The second-order valence-electron chi connectivity index (χ2n) is 7.11. The van der Waals surface area contributed by atoms with E-state index in [9.17, 15) is 0 Å². The van der Waals surface area contributed by atoms with E-state index in [2.05, 4.69) is 69.4 Å². The molecule has 1 unspecified atom stereocenters. The number of methoxy groups -OCH3 is 1. The van der Waals surface area contributed by atoms with Crippen LogP contribution in [0.4, 0.5) is 0 Å². The fraction of sp³-hybridized carbons (Fsp3) is 0.478. The largest absolute Gasteiger partial charge is 0.467 e.